The van der Waals surface area contributed by atoms with Crippen LogP contribution in [0.3, 0.4) is 0 Å². The maximum Gasteiger partial charge on any atom is 0.0508 e. The minimum atomic E-state index is 0.0640. The Balaban J connectivity index is 2.96. The quantitative estimate of drug-likeness (QED) is 0.505. The van der Waals surface area contributed by atoms with Crippen LogP contribution in [0.1, 0.15) is 24.9 Å². The molecule has 4 heteroatoms. The Morgan fingerprint density at radius 1 is 1.67 bits per heavy atom. The van der Waals surface area contributed by atoms with E-state index >= 15 is 0 Å². The zero-order valence-electron chi connectivity index (χ0n) is 8.56. The summed E-state index contributed by atoms with van der Waals surface area (Å²) in [6.45, 7) is 5.86. The first kappa shape index (κ1) is 12.7. The lowest BCUT2D eigenvalue weighted by Crippen LogP contribution is -2.28. The van der Waals surface area contributed by atoms with Crippen LogP contribution in [0.15, 0.2) is 34.8 Å². The summed E-state index contributed by atoms with van der Waals surface area (Å²) in [7, 11) is 0. The van der Waals surface area contributed by atoms with Gasteiger partial charge in [0.15, 0.2) is 0 Å². The van der Waals surface area contributed by atoms with Crippen LogP contribution in [0.5, 0.6) is 0 Å². The van der Waals surface area contributed by atoms with Crippen molar-refractivity contribution >= 4 is 27.5 Å². The number of hydrazine groups is 1. The summed E-state index contributed by atoms with van der Waals surface area (Å²) in [5.41, 5.74) is 4.95. The van der Waals surface area contributed by atoms with Crippen molar-refractivity contribution in [2.75, 3.05) is 0 Å². The Morgan fingerprint density at radius 2 is 2.33 bits per heavy atom. The van der Waals surface area contributed by atoms with Crippen molar-refractivity contribution in [2.45, 2.75) is 19.4 Å². The van der Waals surface area contributed by atoms with Gasteiger partial charge in [0.2, 0.25) is 0 Å². The summed E-state index contributed by atoms with van der Waals surface area (Å²) in [6.07, 6.45) is 0.802. The van der Waals surface area contributed by atoms with Gasteiger partial charge in [-0.2, -0.15) is 0 Å². The summed E-state index contributed by atoms with van der Waals surface area (Å²) < 4.78 is 0.958. The zero-order valence-corrected chi connectivity index (χ0v) is 10.9. The zero-order chi connectivity index (χ0) is 11.4. The van der Waals surface area contributed by atoms with Gasteiger partial charge < -0.3 is 0 Å². The minimum absolute atomic E-state index is 0.0640. The van der Waals surface area contributed by atoms with Gasteiger partial charge >= 0.3 is 0 Å². The molecule has 1 aromatic rings. The summed E-state index contributed by atoms with van der Waals surface area (Å²) >= 11 is 9.34. The lowest BCUT2D eigenvalue weighted by atomic mass is 10.0. The Morgan fingerprint density at radius 3 is 2.80 bits per heavy atom. The molecule has 0 aromatic heterocycles. The van der Waals surface area contributed by atoms with Crippen LogP contribution in [-0.2, 0) is 0 Å². The van der Waals surface area contributed by atoms with E-state index in [1.54, 1.807) is 0 Å². The van der Waals surface area contributed by atoms with Crippen molar-refractivity contribution in [1.29, 1.82) is 0 Å². The molecule has 82 valence electrons. The predicted octanol–water partition coefficient (Wildman–Crippen LogP) is 3.57. The highest BCUT2D eigenvalue weighted by Crippen LogP contribution is 2.29. The van der Waals surface area contributed by atoms with Crippen LogP contribution in [-0.4, -0.2) is 0 Å². The molecule has 0 aliphatic rings. The average molecular weight is 290 g/mol. The van der Waals surface area contributed by atoms with Gasteiger partial charge in [-0.1, -0.05) is 39.2 Å². The summed E-state index contributed by atoms with van der Waals surface area (Å²) in [5.74, 6) is 5.52. The van der Waals surface area contributed by atoms with E-state index < -0.39 is 0 Å². The van der Waals surface area contributed by atoms with E-state index in [0.717, 1.165) is 22.0 Å². The SMILES string of the molecule is C=C(C)CC(NN)c1ccc(Cl)cc1Br. The van der Waals surface area contributed by atoms with Gasteiger partial charge in [0.1, 0.15) is 0 Å². The number of nitrogens with one attached hydrogen (secondary N) is 1. The van der Waals surface area contributed by atoms with Gasteiger partial charge in [-0.15, -0.1) is 6.58 Å². The molecular formula is C11H14BrClN2. The van der Waals surface area contributed by atoms with Crippen molar-refractivity contribution in [2.24, 2.45) is 5.84 Å². The fraction of sp³-hybridized carbons (Fsp3) is 0.273. The third-order valence-electron chi connectivity index (χ3n) is 2.09. The molecule has 3 N–H and O–H groups in total. The Labute approximate surface area is 104 Å². The molecule has 0 bridgehead atoms. The largest absolute Gasteiger partial charge is 0.271 e. The van der Waals surface area contributed by atoms with Gasteiger partial charge in [-0.05, 0) is 31.0 Å². The van der Waals surface area contributed by atoms with Crippen LogP contribution in [0.2, 0.25) is 5.02 Å². The van der Waals surface area contributed by atoms with Gasteiger partial charge in [-0.25, -0.2) is 0 Å². The van der Waals surface area contributed by atoms with E-state index in [1.165, 1.54) is 0 Å². The van der Waals surface area contributed by atoms with E-state index in [4.69, 9.17) is 17.4 Å². The molecular weight excluding hydrogens is 275 g/mol. The van der Waals surface area contributed by atoms with Crippen LogP contribution in [0.25, 0.3) is 0 Å². The fourth-order valence-corrected chi connectivity index (χ4v) is 2.35. The topological polar surface area (TPSA) is 38.0 Å². The highest BCUT2D eigenvalue weighted by molar-refractivity contribution is 9.10. The van der Waals surface area contributed by atoms with Crippen LogP contribution in [0.4, 0.5) is 0 Å². The molecule has 0 saturated heterocycles. The molecule has 1 unspecified atom stereocenters. The standard InChI is InChI=1S/C11H14BrClN2/c1-7(2)5-11(15-14)9-4-3-8(13)6-10(9)12/h3-4,6,11,15H,1,5,14H2,2H3. The Kier molecular flexibility index (Phi) is 4.80. The summed E-state index contributed by atoms with van der Waals surface area (Å²) in [6, 6.07) is 5.73. The number of nitrogens with two attached hydrogens (primary N) is 1. The molecule has 0 saturated carbocycles. The van der Waals surface area contributed by atoms with Crippen LogP contribution < -0.4 is 11.3 Å². The smallest absolute Gasteiger partial charge is 0.0508 e. The number of halogens is 2. The third-order valence-corrected chi connectivity index (χ3v) is 3.01. The second-order valence-corrected chi connectivity index (χ2v) is 4.84. The molecule has 15 heavy (non-hydrogen) atoms. The minimum Gasteiger partial charge on any atom is -0.271 e. The maximum atomic E-state index is 5.87. The van der Waals surface area contributed by atoms with Crippen molar-refractivity contribution in [1.82, 2.24) is 5.43 Å². The Hall–Kier alpha value is -0.350. The highest BCUT2D eigenvalue weighted by Gasteiger charge is 2.13. The van der Waals surface area contributed by atoms with Gasteiger partial charge in [0.25, 0.3) is 0 Å². The first-order valence-corrected chi connectivity index (χ1v) is 5.77. The molecule has 0 heterocycles. The van der Waals surface area contributed by atoms with E-state index in [2.05, 4.69) is 27.9 Å². The normalized spacial score (nSPS) is 12.5. The molecule has 0 amide bonds. The number of rotatable bonds is 4. The van der Waals surface area contributed by atoms with Crippen LogP contribution in [0, 0.1) is 0 Å². The monoisotopic (exact) mass is 288 g/mol. The summed E-state index contributed by atoms with van der Waals surface area (Å²) in [5, 5.41) is 0.705. The second kappa shape index (κ2) is 5.66. The molecule has 1 atom stereocenters. The molecule has 2 nitrogen and oxygen atoms in total. The lowest BCUT2D eigenvalue weighted by Gasteiger charge is -2.17. The summed E-state index contributed by atoms with van der Waals surface area (Å²) in [4.78, 5) is 0. The second-order valence-electron chi connectivity index (χ2n) is 3.55. The molecule has 0 radical (unpaired) electrons. The van der Waals surface area contributed by atoms with Gasteiger partial charge in [0.05, 0.1) is 6.04 Å². The number of benzene rings is 1. The first-order valence-electron chi connectivity index (χ1n) is 4.60. The van der Waals surface area contributed by atoms with Crippen molar-refractivity contribution in [3.63, 3.8) is 0 Å². The molecule has 0 aliphatic heterocycles. The van der Waals surface area contributed by atoms with E-state index in [0.29, 0.717) is 5.02 Å². The molecule has 1 aromatic carbocycles. The van der Waals surface area contributed by atoms with E-state index in [9.17, 15) is 0 Å². The van der Waals surface area contributed by atoms with Crippen molar-refractivity contribution in [3.05, 3.63) is 45.4 Å². The van der Waals surface area contributed by atoms with Gasteiger partial charge in [-0.3, -0.25) is 11.3 Å². The van der Waals surface area contributed by atoms with Crippen molar-refractivity contribution in [3.8, 4) is 0 Å². The first-order chi connectivity index (χ1) is 7.04. The lowest BCUT2D eigenvalue weighted by molar-refractivity contribution is 0.548. The van der Waals surface area contributed by atoms with Crippen molar-refractivity contribution < 1.29 is 0 Å². The van der Waals surface area contributed by atoms with Gasteiger partial charge in [0, 0.05) is 9.50 Å². The molecule has 0 fully saturated rings. The third kappa shape index (κ3) is 3.61. The van der Waals surface area contributed by atoms with E-state index in [1.807, 2.05) is 25.1 Å². The maximum absolute atomic E-state index is 5.87. The number of hydrogen-bond donors (Lipinski definition) is 2. The fourth-order valence-electron chi connectivity index (χ4n) is 1.39. The van der Waals surface area contributed by atoms with Crippen LogP contribution >= 0.6 is 27.5 Å². The molecule has 1 rings (SSSR count). The number of hydrogen-bond acceptors (Lipinski definition) is 2. The molecule has 0 spiro atoms. The molecule has 0 aliphatic carbocycles. The van der Waals surface area contributed by atoms with E-state index in [-0.39, 0.29) is 6.04 Å². The Bertz CT molecular complexity index is 366. The average Bonchev–Trinajstić information content (AvgIpc) is 2.14. The highest BCUT2D eigenvalue weighted by atomic mass is 79.9. The predicted molar refractivity (Wildman–Crippen MR) is 68.6 cm³/mol.